The number of halogens is 2. The van der Waals surface area contributed by atoms with E-state index in [1.165, 1.54) is 12.2 Å². The fourth-order valence-electron chi connectivity index (χ4n) is 3.86. The van der Waals surface area contributed by atoms with E-state index in [2.05, 4.69) is 37.1 Å². The molecule has 0 aromatic heterocycles. The summed E-state index contributed by atoms with van der Waals surface area (Å²) in [6, 6.07) is 13.0. The molecule has 0 radical (unpaired) electrons. The number of alkyl halides is 1. The molecule has 0 bridgehead atoms. The van der Waals surface area contributed by atoms with E-state index in [1.807, 2.05) is 30.9 Å². The van der Waals surface area contributed by atoms with E-state index < -0.39 is 12.5 Å². The van der Waals surface area contributed by atoms with Crippen LogP contribution in [0.25, 0.3) is 0 Å². The van der Waals surface area contributed by atoms with Gasteiger partial charge in [-0.25, -0.2) is 8.78 Å². The number of ether oxygens (including phenoxy) is 1. The van der Waals surface area contributed by atoms with E-state index in [9.17, 15) is 23.2 Å². The highest BCUT2D eigenvalue weighted by molar-refractivity contribution is 5.95. The minimum absolute atomic E-state index is 0.144. The number of rotatable bonds is 15. The van der Waals surface area contributed by atoms with Crippen molar-refractivity contribution in [1.82, 2.24) is 15.5 Å². The number of nitrogens with one attached hydrogen (secondary N) is 2. The van der Waals surface area contributed by atoms with E-state index in [4.69, 9.17) is 4.74 Å². The zero-order valence-corrected chi connectivity index (χ0v) is 27.1. The van der Waals surface area contributed by atoms with Gasteiger partial charge < -0.3 is 20.3 Å². The summed E-state index contributed by atoms with van der Waals surface area (Å²) < 4.78 is 28.8. The van der Waals surface area contributed by atoms with Crippen LogP contribution < -0.4 is 15.4 Å². The summed E-state index contributed by atoms with van der Waals surface area (Å²) in [4.78, 5) is 36.0. The first-order chi connectivity index (χ1) is 21.1. The minimum atomic E-state index is -0.771. The topological polar surface area (TPSA) is 87.7 Å². The normalized spacial score (nSPS) is 10.7. The summed E-state index contributed by atoms with van der Waals surface area (Å²) in [6.45, 7) is 15.4. The van der Waals surface area contributed by atoms with Crippen LogP contribution in [0.3, 0.4) is 0 Å². The van der Waals surface area contributed by atoms with Gasteiger partial charge >= 0.3 is 0 Å². The summed E-state index contributed by atoms with van der Waals surface area (Å²) in [7, 11) is 1.56. The van der Waals surface area contributed by atoms with Crippen molar-refractivity contribution in [3.05, 3.63) is 101 Å². The first-order valence-corrected chi connectivity index (χ1v) is 14.8. The van der Waals surface area contributed by atoms with Crippen LogP contribution in [0.4, 0.5) is 8.78 Å². The SMILES string of the molecule is C=C/C(C)=C\C(F)=C/CF.CCCN(CCC)C(=O)c1cc(C)cc(C)c1.COc1cccc(C(=O)NCCCNC=O)c1. The van der Waals surface area contributed by atoms with Gasteiger partial charge in [0.2, 0.25) is 6.41 Å². The molecule has 0 fully saturated rings. The van der Waals surface area contributed by atoms with Crippen molar-refractivity contribution in [2.24, 2.45) is 0 Å². The maximum Gasteiger partial charge on any atom is 0.253 e. The van der Waals surface area contributed by atoms with Crippen LogP contribution in [0.5, 0.6) is 5.75 Å². The second kappa shape index (κ2) is 24.2. The second-order valence-electron chi connectivity index (χ2n) is 9.92. The zero-order valence-electron chi connectivity index (χ0n) is 27.1. The Morgan fingerprint density at radius 2 is 1.64 bits per heavy atom. The van der Waals surface area contributed by atoms with E-state index >= 15 is 0 Å². The largest absolute Gasteiger partial charge is 0.497 e. The maximum atomic E-state index is 12.4. The molecule has 0 heterocycles. The van der Waals surface area contributed by atoms with Gasteiger partial charge in [0.15, 0.2) is 0 Å². The van der Waals surface area contributed by atoms with Crippen molar-refractivity contribution in [3.63, 3.8) is 0 Å². The first-order valence-electron chi connectivity index (χ1n) is 14.8. The minimum Gasteiger partial charge on any atom is -0.497 e. The summed E-state index contributed by atoms with van der Waals surface area (Å²) in [5.74, 6) is 0.121. The van der Waals surface area contributed by atoms with Crippen LogP contribution in [-0.4, -0.2) is 63.1 Å². The van der Waals surface area contributed by atoms with Crippen LogP contribution in [-0.2, 0) is 4.79 Å². The third-order valence-electron chi connectivity index (χ3n) is 5.90. The van der Waals surface area contributed by atoms with Crippen LogP contribution >= 0.6 is 0 Å². The van der Waals surface area contributed by atoms with Gasteiger partial charge in [-0.05, 0) is 88.1 Å². The second-order valence-corrected chi connectivity index (χ2v) is 9.92. The first kappa shape index (κ1) is 39.7. The van der Waals surface area contributed by atoms with Gasteiger partial charge in [-0.2, -0.15) is 0 Å². The van der Waals surface area contributed by atoms with Crippen LogP contribution in [0.15, 0.2) is 78.7 Å². The summed E-state index contributed by atoms with van der Waals surface area (Å²) in [5, 5.41) is 5.29. The summed E-state index contributed by atoms with van der Waals surface area (Å²) in [5.41, 5.74) is 4.38. The fraction of sp³-hybridized carbons (Fsp3) is 0.400. The van der Waals surface area contributed by atoms with E-state index in [0.717, 1.165) is 48.7 Å². The Morgan fingerprint density at radius 3 is 2.16 bits per heavy atom. The molecule has 0 saturated carbocycles. The third kappa shape index (κ3) is 17.6. The van der Waals surface area contributed by atoms with Crippen LogP contribution in [0.1, 0.15) is 71.9 Å². The highest BCUT2D eigenvalue weighted by Gasteiger charge is 2.14. The quantitative estimate of drug-likeness (QED) is 0.128. The molecule has 0 aliphatic carbocycles. The molecule has 2 N–H and O–H groups in total. The Hall–Kier alpha value is -4.27. The molecule has 0 atom stereocenters. The van der Waals surface area contributed by atoms with E-state index in [0.29, 0.717) is 42.8 Å². The highest BCUT2D eigenvalue weighted by Crippen LogP contribution is 2.13. The van der Waals surface area contributed by atoms with Crippen molar-refractivity contribution in [3.8, 4) is 5.75 Å². The number of methoxy groups -OCH3 is 1. The number of hydrogen-bond acceptors (Lipinski definition) is 4. The Labute approximate surface area is 262 Å². The Kier molecular flexibility index (Phi) is 21.9. The lowest BCUT2D eigenvalue weighted by molar-refractivity contribution is -0.109. The number of carbonyl (C=O) groups excluding carboxylic acids is 3. The standard InChI is InChI=1S/C15H23NO.C12H16N2O3.C8H10F2/c1-5-7-16(8-6-2)15(17)14-10-12(3)9-13(4)11-14;1-17-11-5-2-4-10(8-11)12(16)14-7-3-6-13-9-15;1-3-7(2)6-8(10)4-5-9/h9-11H,5-8H2,1-4H3;2,4-5,8-9H,3,6-7H2,1H3,(H,13,15)(H,14,16);3-4,6H,1,5H2,2H3/b;;7-6-,8-4+. The predicted octanol–water partition coefficient (Wildman–Crippen LogP) is 7.07. The average Bonchev–Trinajstić information content (AvgIpc) is 3.00. The van der Waals surface area contributed by atoms with Gasteiger partial charge in [0.1, 0.15) is 18.3 Å². The van der Waals surface area contributed by atoms with Gasteiger partial charge in [-0.3, -0.25) is 14.4 Å². The molecule has 0 spiro atoms. The Morgan fingerprint density at radius 1 is 1.00 bits per heavy atom. The average molecular weight is 614 g/mol. The molecule has 2 aromatic rings. The van der Waals surface area contributed by atoms with Crippen molar-refractivity contribution >= 4 is 18.2 Å². The molecule has 0 unspecified atom stereocenters. The lowest BCUT2D eigenvalue weighted by Gasteiger charge is -2.21. The lowest BCUT2D eigenvalue weighted by Crippen LogP contribution is -2.32. The number of hydrogen-bond donors (Lipinski definition) is 2. The predicted molar refractivity (Wildman–Crippen MR) is 176 cm³/mol. The molecule has 44 heavy (non-hydrogen) atoms. The monoisotopic (exact) mass is 613 g/mol. The molecule has 2 rings (SSSR count). The molecular formula is C35H49F2N3O4. The fourth-order valence-corrected chi connectivity index (χ4v) is 3.86. The van der Waals surface area contributed by atoms with Gasteiger partial charge in [0.25, 0.3) is 11.8 Å². The third-order valence-corrected chi connectivity index (χ3v) is 5.90. The van der Waals surface area contributed by atoms with E-state index in [1.54, 1.807) is 38.3 Å². The highest BCUT2D eigenvalue weighted by atomic mass is 19.1. The Bertz CT molecular complexity index is 1200. The lowest BCUT2D eigenvalue weighted by atomic mass is 10.1. The van der Waals surface area contributed by atoms with Crippen LogP contribution in [0.2, 0.25) is 0 Å². The number of benzene rings is 2. The van der Waals surface area contributed by atoms with Crippen molar-refractivity contribution < 1.29 is 27.9 Å². The number of carbonyl (C=O) groups is 3. The Balaban J connectivity index is 0.000000655. The summed E-state index contributed by atoms with van der Waals surface area (Å²) in [6.07, 6.45) is 6.97. The number of nitrogens with zero attached hydrogens (tertiary/aromatic N) is 1. The number of amides is 3. The molecule has 9 heteroatoms. The van der Waals surface area contributed by atoms with Crippen molar-refractivity contribution in [1.29, 1.82) is 0 Å². The smallest absolute Gasteiger partial charge is 0.253 e. The van der Waals surface area contributed by atoms with Crippen molar-refractivity contribution in [2.45, 2.75) is 53.9 Å². The van der Waals surface area contributed by atoms with E-state index in [-0.39, 0.29) is 11.8 Å². The van der Waals surface area contributed by atoms with Gasteiger partial charge in [-0.15, -0.1) is 0 Å². The number of allylic oxidation sites excluding steroid dienone is 5. The molecule has 7 nitrogen and oxygen atoms in total. The molecule has 242 valence electrons. The van der Waals surface area contributed by atoms with Crippen molar-refractivity contribution in [2.75, 3.05) is 40.0 Å². The molecule has 3 amide bonds. The molecule has 0 aliphatic rings. The molecule has 2 aromatic carbocycles. The molecular weight excluding hydrogens is 564 g/mol. The maximum absolute atomic E-state index is 12.4. The van der Waals surface area contributed by atoms with Crippen LogP contribution in [0, 0.1) is 13.8 Å². The van der Waals surface area contributed by atoms with Gasteiger partial charge in [0.05, 0.1) is 7.11 Å². The molecule has 0 aliphatic heterocycles. The number of aryl methyl sites for hydroxylation is 2. The van der Waals surface area contributed by atoms with Gasteiger partial charge in [0, 0.05) is 37.3 Å². The van der Waals surface area contributed by atoms with Gasteiger partial charge in [-0.1, -0.05) is 49.8 Å². The molecule has 0 saturated heterocycles. The zero-order chi connectivity index (χ0) is 33.3. The summed E-state index contributed by atoms with van der Waals surface area (Å²) >= 11 is 0.